The van der Waals surface area contributed by atoms with Crippen LogP contribution >= 0.6 is 0 Å². The zero-order valence-corrected chi connectivity index (χ0v) is 11.7. The molecule has 0 radical (unpaired) electrons. The minimum atomic E-state index is 0.378. The SMILES string of the molecule is NNc1cc(NC2CCOCC2)nc(-c2ccccc2)n1. The first-order chi connectivity index (χ1) is 10.3. The van der Waals surface area contributed by atoms with Gasteiger partial charge in [0.15, 0.2) is 5.82 Å². The molecule has 21 heavy (non-hydrogen) atoms. The van der Waals surface area contributed by atoms with Crippen LogP contribution in [0.5, 0.6) is 0 Å². The summed E-state index contributed by atoms with van der Waals surface area (Å²) >= 11 is 0. The highest BCUT2D eigenvalue weighted by molar-refractivity contribution is 5.61. The molecule has 0 aliphatic carbocycles. The number of hydrogen-bond acceptors (Lipinski definition) is 6. The van der Waals surface area contributed by atoms with Crippen molar-refractivity contribution in [1.82, 2.24) is 9.97 Å². The Bertz CT molecular complexity index is 584. The summed E-state index contributed by atoms with van der Waals surface area (Å²) in [7, 11) is 0. The number of benzene rings is 1. The first kappa shape index (κ1) is 13.8. The first-order valence-electron chi connectivity index (χ1n) is 7.10. The average Bonchev–Trinajstić information content (AvgIpc) is 2.56. The van der Waals surface area contributed by atoms with Crippen molar-refractivity contribution < 1.29 is 4.74 Å². The van der Waals surface area contributed by atoms with Gasteiger partial charge in [0.05, 0.1) is 0 Å². The highest BCUT2D eigenvalue weighted by Gasteiger charge is 2.15. The Balaban J connectivity index is 1.86. The van der Waals surface area contributed by atoms with Gasteiger partial charge < -0.3 is 15.5 Å². The van der Waals surface area contributed by atoms with E-state index in [0.717, 1.165) is 37.4 Å². The maximum atomic E-state index is 5.51. The summed E-state index contributed by atoms with van der Waals surface area (Å²) in [5.41, 5.74) is 3.56. The van der Waals surface area contributed by atoms with Gasteiger partial charge in [0.25, 0.3) is 0 Å². The third-order valence-electron chi connectivity index (χ3n) is 3.48. The summed E-state index contributed by atoms with van der Waals surface area (Å²) in [6.07, 6.45) is 1.96. The third kappa shape index (κ3) is 3.48. The number of rotatable bonds is 4. The van der Waals surface area contributed by atoms with E-state index >= 15 is 0 Å². The van der Waals surface area contributed by atoms with E-state index in [2.05, 4.69) is 20.7 Å². The molecule has 1 aromatic carbocycles. The van der Waals surface area contributed by atoms with Crippen molar-refractivity contribution in [2.24, 2.45) is 5.84 Å². The van der Waals surface area contributed by atoms with Crippen LogP contribution in [0, 0.1) is 0 Å². The Morgan fingerprint density at radius 2 is 1.76 bits per heavy atom. The van der Waals surface area contributed by atoms with E-state index in [0.29, 0.717) is 17.7 Å². The van der Waals surface area contributed by atoms with E-state index in [-0.39, 0.29) is 0 Å². The van der Waals surface area contributed by atoms with E-state index in [9.17, 15) is 0 Å². The number of ether oxygens (including phenoxy) is 1. The molecule has 6 heteroatoms. The molecule has 3 rings (SSSR count). The molecule has 0 saturated carbocycles. The molecule has 110 valence electrons. The van der Waals surface area contributed by atoms with E-state index in [1.165, 1.54) is 0 Å². The maximum Gasteiger partial charge on any atom is 0.163 e. The van der Waals surface area contributed by atoms with Gasteiger partial charge in [0.1, 0.15) is 11.6 Å². The smallest absolute Gasteiger partial charge is 0.163 e. The van der Waals surface area contributed by atoms with Crippen molar-refractivity contribution in [3.8, 4) is 11.4 Å². The fourth-order valence-corrected chi connectivity index (χ4v) is 2.36. The number of anilines is 2. The summed E-state index contributed by atoms with van der Waals surface area (Å²) in [6.45, 7) is 1.58. The zero-order valence-electron chi connectivity index (χ0n) is 11.7. The van der Waals surface area contributed by atoms with E-state index in [1.54, 1.807) is 0 Å². The number of nitrogens with zero attached hydrogens (tertiary/aromatic N) is 2. The van der Waals surface area contributed by atoms with Crippen LogP contribution in [0.25, 0.3) is 11.4 Å². The second-order valence-electron chi connectivity index (χ2n) is 5.00. The van der Waals surface area contributed by atoms with Crippen molar-refractivity contribution >= 4 is 11.6 Å². The Kier molecular flexibility index (Phi) is 4.28. The zero-order chi connectivity index (χ0) is 14.5. The van der Waals surface area contributed by atoms with Crippen LogP contribution in [0.1, 0.15) is 12.8 Å². The molecule has 6 nitrogen and oxygen atoms in total. The molecule has 0 unspecified atom stereocenters. The second-order valence-corrected chi connectivity index (χ2v) is 5.00. The number of hydrogen-bond donors (Lipinski definition) is 3. The van der Waals surface area contributed by atoms with Crippen LogP contribution in [-0.2, 0) is 4.74 Å². The molecule has 0 spiro atoms. The Labute approximate surface area is 123 Å². The predicted molar refractivity (Wildman–Crippen MR) is 82.7 cm³/mol. The number of nitrogens with one attached hydrogen (secondary N) is 2. The summed E-state index contributed by atoms with van der Waals surface area (Å²) in [5, 5.41) is 3.44. The summed E-state index contributed by atoms with van der Waals surface area (Å²) in [5.74, 6) is 7.54. The molecule has 0 atom stereocenters. The predicted octanol–water partition coefficient (Wildman–Crippen LogP) is 2.02. The molecule has 1 aliphatic heterocycles. The van der Waals surface area contributed by atoms with Crippen molar-refractivity contribution in [2.45, 2.75) is 18.9 Å². The number of nitrogen functional groups attached to an aromatic ring is 1. The van der Waals surface area contributed by atoms with E-state index in [1.807, 2.05) is 36.4 Å². The van der Waals surface area contributed by atoms with Crippen molar-refractivity contribution in [1.29, 1.82) is 0 Å². The Morgan fingerprint density at radius 1 is 1.05 bits per heavy atom. The van der Waals surface area contributed by atoms with Gasteiger partial charge in [-0.25, -0.2) is 15.8 Å². The largest absolute Gasteiger partial charge is 0.381 e. The molecule has 2 aromatic rings. The van der Waals surface area contributed by atoms with Crippen LogP contribution in [-0.4, -0.2) is 29.2 Å². The molecule has 4 N–H and O–H groups in total. The van der Waals surface area contributed by atoms with Crippen molar-refractivity contribution in [2.75, 3.05) is 24.0 Å². The number of hydrazine groups is 1. The van der Waals surface area contributed by atoms with Gasteiger partial charge >= 0.3 is 0 Å². The van der Waals surface area contributed by atoms with Gasteiger partial charge in [-0.1, -0.05) is 30.3 Å². The lowest BCUT2D eigenvalue weighted by Crippen LogP contribution is -2.28. The van der Waals surface area contributed by atoms with E-state index < -0.39 is 0 Å². The van der Waals surface area contributed by atoms with Crippen LogP contribution in [0.3, 0.4) is 0 Å². The molecule has 1 aromatic heterocycles. The fourth-order valence-electron chi connectivity index (χ4n) is 2.36. The molecule has 1 saturated heterocycles. The van der Waals surface area contributed by atoms with Crippen LogP contribution in [0.4, 0.5) is 11.6 Å². The average molecular weight is 285 g/mol. The Hall–Kier alpha value is -2.18. The highest BCUT2D eigenvalue weighted by atomic mass is 16.5. The molecule has 1 fully saturated rings. The normalized spacial score (nSPS) is 15.7. The fraction of sp³-hybridized carbons (Fsp3) is 0.333. The van der Waals surface area contributed by atoms with Crippen LogP contribution < -0.4 is 16.6 Å². The number of nitrogens with two attached hydrogens (primary N) is 1. The van der Waals surface area contributed by atoms with Crippen molar-refractivity contribution in [3.05, 3.63) is 36.4 Å². The van der Waals surface area contributed by atoms with Crippen LogP contribution in [0.2, 0.25) is 0 Å². The minimum absolute atomic E-state index is 0.378. The lowest BCUT2D eigenvalue weighted by molar-refractivity contribution is 0.0904. The third-order valence-corrected chi connectivity index (χ3v) is 3.48. The lowest BCUT2D eigenvalue weighted by Gasteiger charge is -2.23. The van der Waals surface area contributed by atoms with Gasteiger partial charge in [-0.05, 0) is 12.8 Å². The topological polar surface area (TPSA) is 85.1 Å². The second kappa shape index (κ2) is 6.51. The molecule has 1 aliphatic rings. The molecular weight excluding hydrogens is 266 g/mol. The quantitative estimate of drug-likeness (QED) is 0.588. The maximum absolute atomic E-state index is 5.51. The van der Waals surface area contributed by atoms with Crippen molar-refractivity contribution in [3.63, 3.8) is 0 Å². The standard InChI is InChI=1S/C15H19N5O/c16-20-14-10-13(17-12-6-8-21-9-7-12)18-15(19-14)11-4-2-1-3-5-11/h1-5,10,12H,6-9,16H2,(H2,17,18,19,20). The van der Waals surface area contributed by atoms with Gasteiger partial charge in [-0.3, -0.25) is 0 Å². The number of aromatic nitrogens is 2. The highest BCUT2D eigenvalue weighted by Crippen LogP contribution is 2.21. The molecule has 2 heterocycles. The van der Waals surface area contributed by atoms with Gasteiger partial charge in [0.2, 0.25) is 0 Å². The monoisotopic (exact) mass is 285 g/mol. The lowest BCUT2D eigenvalue weighted by atomic mass is 10.1. The summed E-state index contributed by atoms with van der Waals surface area (Å²) in [6, 6.07) is 12.1. The van der Waals surface area contributed by atoms with Gasteiger partial charge in [-0.2, -0.15) is 0 Å². The summed E-state index contributed by atoms with van der Waals surface area (Å²) < 4.78 is 5.37. The molecule has 0 amide bonds. The molecule has 0 bridgehead atoms. The van der Waals surface area contributed by atoms with Gasteiger partial charge in [-0.15, -0.1) is 0 Å². The van der Waals surface area contributed by atoms with E-state index in [4.69, 9.17) is 10.6 Å². The minimum Gasteiger partial charge on any atom is -0.381 e. The molecular formula is C15H19N5O. The van der Waals surface area contributed by atoms with Gasteiger partial charge in [0, 0.05) is 30.9 Å². The Morgan fingerprint density at radius 3 is 2.48 bits per heavy atom. The first-order valence-corrected chi connectivity index (χ1v) is 7.10. The summed E-state index contributed by atoms with van der Waals surface area (Å²) in [4.78, 5) is 8.99. The van der Waals surface area contributed by atoms with Crippen LogP contribution in [0.15, 0.2) is 36.4 Å².